The maximum absolute atomic E-state index is 12.8. The molecule has 0 atom stereocenters. The predicted molar refractivity (Wildman–Crippen MR) is 107 cm³/mol. The molecule has 1 aromatic carbocycles. The normalized spacial score (nSPS) is 10.5. The highest BCUT2D eigenvalue weighted by Gasteiger charge is 2.22. The molecule has 2 amide bonds. The molecule has 0 saturated heterocycles. The van der Waals surface area contributed by atoms with E-state index in [9.17, 15) is 14.4 Å². The van der Waals surface area contributed by atoms with E-state index in [1.54, 1.807) is 19.1 Å². The number of pyridine rings is 1. The molecule has 0 aliphatic rings. The summed E-state index contributed by atoms with van der Waals surface area (Å²) < 4.78 is 4.73. The second-order valence-corrected chi connectivity index (χ2v) is 6.97. The van der Waals surface area contributed by atoms with Crippen molar-refractivity contribution in [2.75, 3.05) is 19.0 Å². The summed E-state index contributed by atoms with van der Waals surface area (Å²) in [4.78, 5) is 41.6. The van der Waals surface area contributed by atoms with Gasteiger partial charge in [-0.2, -0.15) is 0 Å². The van der Waals surface area contributed by atoms with Crippen LogP contribution in [-0.4, -0.2) is 36.4 Å². The Morgan fingerprint density at radius 1 is 1.14 bits per heavy atom. The van der Waals surface area contributed by atoms with E-state index in [4.69, 9.17) is 16.3 Å². The first-order valence-electron chi connectivity index (χ1n) is 8.68. The van der Waals surface area contributed by atoms with Crippen molar-refractivity contribution in [3.63, 3.8) is 0 Å². The van der Waals surface area contributed by atoms with Crippen LogP contribution < -0.4 is 10.6 Å². The van der Waals surface area contributed by atoms with Crippen molar-refractivity contribution in [1.82, 2.24) is 10.3 Å². The summed E-state index contributed by atoms with van der Waals surface area (Å²) in [7, 11) is 1.22. The monoisotopic (exact) mass is 403 g/mol. The Morgan fingerprint density at radius 2 is 1.86 bits per heavy atom. The molecule has 28 heavy (non-hydrogen) atoms. The number of hydrogen-bond acceptors (Lipinski definition) is 5. The van der Waals surface area contributed by atoms with Gasteiger partial charge in [0.25, 0.3) is 11.8 Å². The molecular weight excluding hydrogens is 382 g/mol. The van der Waals surface area contributed by atoms with E-state index >= 15 is 0 Å². The molecule has 2 aromatic rings. The van der Waals surface area contributed by atoms with E-state index < -0.39 is 17.8 Å². The van der Waals surface area contributed by atoms with E-state index in [1.807, 2.05) is 13.8 Å². The molecule has 0 aliphatic heterocycles. The van der Waals surface area contributed by atoms with Gasteiger partial charge in [0.05, 0.1) is 23.4 Å². The Labute approximate surface area is 168 Å². The maximum Gasteiger partial charge on any atom is 0.341 e. The summed E-state index contributed by atoms with van der Waals surface area (Å²) in [5.41, 5.74) is 0.913. The molecule has 8 heteroatoms. The van der Waals surface area contributed by atoms with Crippen molar-refractivity contribution in [1.29, 1.82) is 0 Å². The molecule has 2 N–H and O–H groups in total. The van der Waals surface area contributed by atoms with E-state index in [2.05, 4.69) is 15.6 Å². The number of aryl methyl sites for hydroxylation is 1. The van der Waals surface area contributed by atoms with Crippen LogP contribution in [0.25, 0.3) is 0 Å². The van der Waals surface area contributed by atoms with Crippen LogP contribution in [0.2, 0.25) is 5.02 Å². The highest BCUT2D eigenvalue weighted by molar-refractivity contribution is 6.34. The van der Waals surface area contributed by atoms with Gasteiger partial charge in [-0.3, -0.25) is 9.59 Å². The number of methoxy groups -OCH3 is 1. The van der Waals surface area contributed by atoms with Crippen molar-refractivity contribution >= 4 is 35.1 Å². The summed E-state index contributed by atoms with van der Waals surface area (Å²) in [6, 6.07) is 7.78. The average Bonchev–Trinajstić information content (AvgIpc) is 2.65. The highest BCUT2D eigenvalue weighted by Crippen LogP contribution is 2.26. The summed E-state index contributed by atoms with van der Waals surface area (Å²) >= 11 is 6.08. The lowest BCUT2D eigenvalue weighted by Crippen LogP contribution is -2.30. The SMILES string of the molecule is COC(=O)c1c(Cl)cccc1NC(=O)c1ccc(C)nc1C(=O)NCC(C)C. The number of nitrogens with one attached hydrogen (secondary N) is 2. The molecule has 0 aliphatic carbocycles. The van der Waals surface area contributed by atoms with Crippen LogP contribution in [0.15, 0.2) is 30.3 Å². The minimum absolute atomic E-state index is 0.0137. The first kappa shape index (κ1) is 21.4. The zero-order valence-corrected chi connectivity index (χ0v) is 16.9. The zero-order chi connectivity index (χ0) is 20.8. The number of amides is 2. The van der Waals surface area contributed by atoms with Crippen molar-refractivity contribution in [3.05, 3.63) is 57.9 Å². The molecule has 0 radical (unpaired) electrons. The largest absolute Gasteiger partial charge is 0.465 e. The second-order valence-electron chi connectivity index (χ2n) is 6.56. The van der Waals surface area contributed by atoms with Crippen LogP contribution in [0.3, 0.4) is 0 Å². The Hall–Kier alpha value is -2.93. The quantitative estimate of drug-likeness (QED) is 0.720. The smallest absolute Gasteiger partial charge is 0.341 e. The lowest BCUT2D eigenvalue weighted by atomic mass is 10.1. The minimum Gasteiger partial charge on any atom is -0.465 e. The number of esters is 1. The van der Waals surface area contributed by atoms with Gasteiger partial charge in [0.1, 0.15) is 11.3 Å². The fourth-order valence-corrected chi connectivity index (χ4v) is 2.67. The zero-order valence-electron chi connectivity index (χ0n) is 16.1. The van der Waals surface area contributed by atoms with Crippen molar-refractivity contribution in [3.8, 4) is 0 Å². The van der Waals surface area contributed by atoms with Crippen LogP contribution in [-0.2, 0) is 4.74 Å². The first-order chi connectivity index (χ1) is 13.2. The lowest BCUT2D eigenvalue weighted by molar-refractivity contribution is 0.0602. The molecule has 0 bridgehead atoms. The summed E-state index contributed by atoms with van der Waals surface area (Å²) in [5.74, 6) is -1.46. The van der Waals surface area contributed by atoms with Gasteiger partial charge in [-0.15, -0.1) is 0 Å². The number of nitrogens with zero attached hydrogens (tertiary/aromatic N) is 1. The van der Waals surface area contributed by atoms with Gasteiger partial charge >= 0.3 is 5.97 Å². The third kappa shape index (κ3) is 5.07. The van der Waals surface area contributed by atoms with Gasteiger partial charge in [0.15, 0.2) is 0 Å². The topological polar surface area (TPSA) is 97.4 Å². The number of ether oxygens (including phenoxy) is 1. The van der Waals surface area contributed by atoms with E-state index in [0.717, 1.165) is 0 Å². The van der Waals surface area contributed by atoms with Crippen molar-refractivity contribution < 1.29 is 19.1 Å². The lowest BCUT2D eigenvalue weighted by Gasteiger charge is -2.14. The number of carbonyl (C=O) groups excluding carboxylic acids is 3. The number of carbonyl (C=O) groups is 3. The molecule has 2 rings (SSSR count). The molecular formula is C20H22ClN3O4. The number of halogens is 1. The predicted octanol–water partition coefficient (Wildman–Crippen LogP) is 3.47. The van der Waals surface area contributed by atoms with Gasteiger partial charge in [0, 0.05) is 12.2 Å². The van der Waals surface area contributed by atoms with E-state index in [0.29, 0.717) is 12.2 Å². The van der Waals surface area contributed by atoms with E-state index in [-0.39, 0.29) is 33.4 Å². The maximum atomic E-state index is 12.8. The second kappa shape index (κ2) is 9.32. The Morgan fingerprint density at radius 3 is 2.50 bits per heavy atom. The third-order valence-electron chi connectivity index (χ3n) is 3.82. The fraction of sp³-hybridized carbons (Fsp3) is 0.300. The first-order valence-corrected chi connectivity index (χ1v) is 9.06. The van der Waals surface area contributed by atoms with Gasteiger partial charge < -0.3 is 15.4 Å². The summed E-state index contributed by atoms with van der Waals surface area (Å²) in [6.45, 7) is 6.11. The summed E-state index contributed by atoms with van der Waals surface area (Å²) in [6.07, 6.45) is 0. The Bertz CT molecular complexity index is 912. The molecule has 0 fully saturated rings. The van der Waals surface area contributed by atoms with Gasteiger partial charge in [-0.05, 0) is 37.1 Å². The number of hydrogen-bond donors (Lipinski definition) is 2. The Balaban J connectivity index is 2.37. The molecule has 0 unspecified atom stereocenters. The molecule has 0 saturated carbocycles. The fourth-order valence-electron chi connectivity index (χ4n) is 2.42. The molecule has 148 valence electrons. The van der Waals surface area contributed by atoms with Gasteiger partial charge in [0.2, 0.25) is 0 Å². The molecule has 0 spiro atoms. The molecule has 7 nitrogen and oxygen atoms in total. The third-order valence-corrected chi connectivity index (χ3v) is 4.13. The average molecular weight is 404 g/mol. The van der Waals surface area contributed by atoms with Crippen molar-refractivity contribution in [2.24, 2.45) is 5.92 Å². The summed E-state index contributed by atoms with van der Waals surface area (Å²) in [5, 5.41) is 5.51. The minimum atomic E-state index is -0.683. The van der Waals surface area contributed by atoms with Crippen LogP contribution in [0, 0.1) is 12.8 Å². The van der Waals surface area contributed by atoms with Crippen LogP contribution in [0.4, 0.5) is 5.69 Å². The van der Waals surface area contributed by atoms with Gasteiger partial charge in [-0.25, -0.2) is 9.78 Å². The van der Waals surface area contributed by atoms with Crippen molar-refractivity contribution in [2.45, 2.75) is 20.8 Å². The van der Waals surface area contributed by atoms with Crippen LogP contribution >= 0.6 is 11.6 Å². The number of benzene rings is 1. The molecule has 1 aromatic heterocycles. The number of aromatic nitrogens is 1. The molecule has 1 heterocycles. The standard InChI is InChI=1S/C20H22ClN3O4/c1-11(2)10-22-19(26)17-13(9-8-12(3)23-17)18(25)24-15-7-5-6-14(21)16(15)20(27)28-4/h5-9,11H,10H2,1-4H3,(H,22,26)(H,24,25). The van der Waals surface area contributed by atoms with Gasteiger partial charge in [-0.1, -0.05) is 31.5 Å². The number of anilines is 1. The van der Waals surface area contributed by atoms with Crippen LogP contribution in [0.1, 0.15) is 50.7 Å². The van der Waals surface area contributed by atoms with Crippen LogP contribution in [0.5, 0.6) is 0 Å². The number of rotatable bonds is 6. The van der Waals surface area contributed by atoms with E-state index in [1.165, 1.54) is 25.3 Å². The highest BCUT2D eigenvalue weighted by atomic mass is 35.5. The Kier molecular flexibility index (Phi) is 7.12.